The van der Waals surface area contributed by atoms with Crippen LogP contribution in [-0.2, 0) is 4.79 Å². The Labute approximate surface area is 92.2 Å². The molecule has 1 saturated heterocycles. The van der Waals surface area contributed by atoms with Gasteiger partial charge >= 0.3 is 0 Å². The summed E-state index contributed by atoms with van der Waals surface area (Å²) in [7, 11) is 0. The fraction of sp³-hybridized carbons (Fsp3) is 0.909. The molecule has 0 spiro atoms. The quantitative estimate of drug-likeness (QED) is 0.700. The van der Waals surface area contributed by atoms with Gasteiger partial charge in [0.2, 0.25) is 5.91 Å². The predicted molar refractivity (Wildman–Crippen MR) is 61.5 cm³/mol. The highest BCUT2D eigenvalue weighted by molar-refractivity contribution is 5.72. The topological polar surface area (TPSA) is 58.4 Å². The maximum atomic E-state index is 10.7. The minimum Gasteiger partial charge on any atom is -0.355 e. The largest absolute Gasteiger partial charge is 0.355 e. The standard InChI is InChI=1S/C11H23N3O/c1-9(12)11-4-3-6-14(8-11)7-5-13-10(2)15/h9,11H,3-8,12H2,1-2H3,(H,13,15). The molecule has 1 rings (SSSR count). The van der Waals surface area contributed by atoms with Gasteiger partial charge in [-0.05, 0) is 32.2 Å². The normalized spacial score (nSPS) is 24.9. The third-order valence-electron chi connectivity index (χ3n) is 3.09. The van der Waals surface area contributed by atoms with Crippen molar-refractivity contribution in [1.82, 2.24) is 10.2 Å². The molecule has 4 nitrogen and oxygen atoms in total. The Balaban J connectivity index is 2.21. The van der Waals surface area contributed by atoms with Gasteiger partial charge in [0.25, 0.3) is 0 Å². The first kappa shape index (κ1) is 12.5. The molecule has 1 fully saturated rings. The SMILES string of the molecule is CC(=O)NCCN1CCCC(C(C)N)C1. The molecule has 0 saturated carbocycles. The van der Waals surface area contributed by atoms with Crippen LogP contribution in [0.1, 0.15) is 26.7 Å². The first-order valence-electron chi connectivity index (χ1n) is 5.82. The molecule has 1 amide bonds. The Morgan fingerprint density at radius 3 is 3.00 bits per heavy atom. The Morgan fingerprint density at radius 1 is 1.67 bits per heavy atom. The summed E-state index contributed by atoms with van der Waals surface area (Å²) in [5, 5.41) is 2.83. The van der Waals surface area contributed by atoms with Crippen molar-refractivity contribution in [2.24, 2.45) is 11.7 Å². The first-order chi connectivity index (χ1) is 7.09. The lowest BCUT2D eigenvalue weighted by atomic mass is 9.92. The summed E-state index contributed by atoms with van der Waals surface area (Å²) in [4.78, 5) is 13.1. The lowest BCUT2D eigenvalue weighted by Gasteiger charge is -2.34. The molecule has 2 atom stereocenters. The van der Waals surface area contributed by atoms with Crippen LogP contribution >= 0.6 is 0 Å². The number of hydrogen-bond acceptors (Lipinski definition) is 3. The molecule has 0 bridgehead atoms. The molecule has 1 aliphatic heterocycles. The second kappa shape index (κ2) is 6.08. The van der Waals surface area contributed by atoms with Gasteiger partial charge in [-0.1, -0.05) is 0 Å². The van der Waals surface area contributed by atoms with Gasteiger partial charge in [-0.2, -0.15) is 0 Å². The third kappa shape index (κ3) is 4.62. The van der Waals surface area contributed by atoms with Crippen LogP contribution in [0.3, 0.4) is 0 Å². The van der Waals surface area contributed by atoms with Crippen LogP contribution in [0.15, 0.2) is 0 Å². The van der Waals surface area contributed by atoms with Gasteiger partial charge in [0.15, 0.2) is 0 Å². The van der Waals surface area contributed by atoms with E-state index in [1.807, 2.05) is 0 Å². The Kier molecular flexibility index (Phi) is 5.05. The molecule has 0 aromatic heterocycles. The first-order valence-corrected chi connectivity index (χ1v) is 5.82. The van der Waals surface area contributed by atoms with Crippen LogP contribution in [0.5, 0.6) is 0 Å². The van der Waals surface area contributed by atoms with Crippen LogP contribution in [0, 0.1) is 5.92 Å². The molecule has 88 valence electrons. The van der Waals surface area contributed by atoms with Crippen molar-refractivity contribution in [2.75, 3.05) is 26.2 Å². The van der Waals surface area contributed by atoms with Crippen molar-refractivity contribution in [3.05, 3.63) is 0 Å². The molecule has 0 aromatic rings. The number of piperidine rings is 1. The zero-order valence-electron chi connectivity index (χ0n) is 9.83. The van der Waals surface area contributed by atoms with E-state index < -0.39 is 0 Å². The van der Waals surface area contributed by atoms with Crippen LogP contribution in [0.25, 0.3) is 0 Å². The lowest BCUT2D eigenvalue weighted by molar-refractivity contribution is -0.119. The molecular formula is C11H23N3O. The van der Waals surface area contributed by atoms with E-state index in [2.05, 4.69) is 17.1 Å². The highest BCUT2D eigenvalue weighted by Gasteiger charge is 2.21. The number of hydrogen-bond donors (Lipinski definition) is 2. The molecule has 0 radical (unpaired) electrons. The van der Waals surface area contributed by atoms with Crippen molar-refractivity contribution in [1.29, 1.82) is 0 Å². The number of rotatable bonds is 4. The average molecular weight is 213 g/mol. The van der Waals surface area contributed by atoms with Gasteiger partial charge in [0.05, 0.1) is 0 Å². The van der Waals surface area contributed by atoms with E-state index >= 15 is 0 Å². The summed E-state index contributed by atoms with van der Waals surface area (Å²) in [6, 6.07) is 0.286. The molecular weight excluding hydrogens is 190 g/mol. The fourth-order valence-corrected chi connectivity index (χ4v) is 2.11. The molecule has 1 aliphatic rings. The number of carbonyl (C=O) groups excluding carboxylic acids is 1. The zero-order chi connectivity index (χ0) is 11.3. The summed E-state index contributed by atoms with van der Waals surface area (Å²) in [5.41, 5.74) is 5.91. The Morgan fingerprint density at radius 2 is 2.40 bits per heavy atom. The zero-order valence-corrected chi connectivity index (χ0v) is 9.83. The summed E-state index contributed by atoms with van der Waals surface area (Å²) in [6.07, 6.45) is 2.47. The monoisotopic (exact) mass is 213 g/mol. The van der Waals surface area contributed by atoms with E-state index in [-0.39, 0.29) is 11.9 Å². The molecule has 4 heteroatoms. The van der Waals surface area contributed by atoms with E-state index in [1.165, 1.54) is 12.8 Å². The maximum absolute atomic E-state index is 10.7. The number of nitrogens with one attached hydrogen (secondary N) is 1. The Bertz CT molecular complexity index is 206. The van der Waals surface area contributed by atoms with Crippen molar-refractivity contribution < 1.29 is 4.79 Å². The highest BCUT2D eigenvalue weighted by Crippen LogP contribution is 2.17. The van der Waals surface area contributed by atoms with Gasteiger partial charge in [0, 0.05) is 32.6 Å². The number of carbonyl (C=O) groups is 1. The summed E-state index contributed by atoms with van der Waals surface area (Å²) in [6.45, 7) is 7.56. The fourth-order valence-electron chi connectivity index (χ4n) is 2.11. The van der Waals surface area contributed by atoms with E-state index in [9.17, 15) is 4.79 Å². The minimum atomic E-state index is 0.0516. The van der Waals surface area contributed by atoms with Crippen molar-refractivity contribution in [3.8, 4) is 0 Å². The second-order valence-electron chi connectivity index (χ2n) is 4.54. The Hall–Kier alpha value is -0.610. The van der Waals surface area contributed by atoms with Gasteiger partial charge in [-0.3, -0.25) is 4.79 Å². The summed E-state index contributed by atoms with van der Waals surface area (Å²) >= 11 is 0. The van der Waals surface area contributed by atoms with Gasteiger partial charge in [-0.25, -0.2) is 0 Å². The van der Waals surface area contributed by atoms with E-state index in [1.54, 1.807) is 6.92 Å². The molecule has 0 aromatic carbocycles. The van der Waals surface area contributed by atoms with E-state index in [0.717, 1.165) is 26.2 Å². The molecule has 2 unspecified atom stereocenters. The van der Waals surface area contributed by atoms with Crippen molar-refractivity contribution >= 4 is 5.91 Å². The minimum absolute atomic E-state index is 0.0516. The molecule has 15 heavy (non-hydrogen) atoms. The van der Waals surface area contributed by atoms with Gasteiger partial charge in [0.1, 0.15) is 0 Å². The summed E-state index contributed by atoms with van der Waals surface area (Å²) < 4.78 is 0. The molecule has 1 heterocycles. The predicted octanol–water partition coefficient (Wildman–Crippen LogP) is 0.182. The number of likely N-dealkylation sites (tertiary alicyclic amines) is 1. The van der Waals surface area contributed by atoms with Crippen LogP contribution < -0.4 is 11.1 Å². The number of amides is 1. The number of nitrogens with two attached hydrogens (primary N) is 1. The molecule has 3 N–H and O–H groups in total. The van der Waals surface area contributed by atoms with Gasteiger partial charge < -0.3 is 16.0 Å². The van der Waals surface area contributed by atoms with Crippen LogP contribution in [-0.4, -0.2) is 43.0 Å². The number of nitrogens with zero attached hydrogens (tertiary/aromatic N) is 1. The van der Waals surface area contributed by atoms with E-state index in [0.29, 0.717) is 5.92 Å². The van der Waals surface area contributed by atoms with Gasteiger partial charge in [-0.15, -0.1) is 0 Å². The second-order valence-corrected chi connectivity index (χ2v) is 4.54. The van der Waals surface area contributed by atoms with Crippen LogP contribution in [0.2, 0.25) is 0 Å². The summed E-state index contributed by atoms with van der Waals surface area (Å²) in [5.74, 6) is 0.673. The molecule has 0 aliphatic carbocycles. The smallest absolute Gasteiger partial charge is 0.216 e. The highest BCUT2D eigenvalue weighted by atomic mass is 16.1. The van der Waals surface area contributed by atoms with Crippen molar-refractivity contribution in [2.45, 2.75) is 32.7 Å². The average Bonchev–Trinajstić information content (AvgIpc) is 2.17. The lowest BCUT2D eigenvalue weighted by Crippen LogP contribution is -2.44. The van der Waals surface area contributed by atoms with Crippen LogP contribution in [0.4, 0.5) is 0 Å². The third-order valence-corrected chi connectivity index (χ3v) is 3.09. The maximum Gasteiger partial charge on any atom is 0.216 e. The van der Waals surface area contributed by atoms with E-state index in [4.69, 9.17) is 5.73 Å². The van der Waals surface area contributed by atoms with Crippen molar-refractivity contribution in [3.63, 3.8) is 0 Å².